The molecule has 4 aromatic rings. The molecule has 0 saturated carbocycles. The van der Waals surface area contributed by atoms with Gasteiger partial charge in [-0.2, -0.15) is 0 Å². The van der Waals surface area contributed by atoms with Crippen LogP contribution in [0.3, 0.4) is 0 Å². The number of ether oxygens (including phenoxy) is 3. The Labute approximate surface area is 243 Å². The summed E-state index contributed by atoms with van der Waals surface area (Å²) in [5.41, 5.74) is 4.88. The third kappa shape index (κ3) is 10.00. The van der Waals surface area contributed by atoms with Gasteiger partial charge in [0.05, 0.1) is 18.8 Å². The Kier molecular flexibility index (Phi) is 11.7. The molecule has 4 rings (SSSR count). The standard InChI is InChI=1S/C35H38N2O4/c1-3-4-5-7-22-39-26-28-24-36-34(37-25-28)9-6-8-23-40-32-18-16-31(17-19-32)35(38)41-33-20-14-30(15-21-33)29-12-10-27(2)11-13-29/h3,10-21,24-25H,1,4-9,22-23,26H2,2H3. The lowest BCUT2D eigenvalue weighted by Gasteiger charge is -2.08. The lowest BCUT2D eigenvalue weighted by Crippen LogP contribution is -2.08. The number of hydrogen-bond donors (Lipinski definition) is 0. The van der Waals surface area contributed by atoms with Crippen molar-refractivity contribution >= 4 is 5.97 Å². The van der Waals surface area contributed by atoms with E-state index in [2.05, 4.69) is 47.7 Å². The summed E-state index contributed by atoms with van der Waals surface area (Å²) in [6.07, 6.45) is 11.4. The lowest BCUT2D eigenvalue weighted by atomic mass is 10.0. The van der Waals surface area contributed by atoms with E-state index in [0.29, 0.717) is 30.3 Å². The average Bonchev–Trinajstić information content (AvgIpc) is 3.00. The quantitative estimate of drug-likeness (QED) is 0.0610. The molecule has 0 spiro atoms. The van der Waals surface area contributed by atoms with Crippen molar-refractivity contribution in [1.29, 1.82) is 0 Å². The van der Waals surface area contributed by atoms with Gasteiger partial charge in [0.25, 0.3) is 0 Å². The number of aromatic nitrogens is 2. The third-order valence-electron chi connectivity index (χ3n) is 6.58. The van der Waals surface area contributed by atoms with Gasteiger partial charge < -0.3 is 14.2 Å². The summed E-state index contributed by atoms with van der Waals surface area (Å²) in [6.45, 7) is 7.66. The highest BCUT2D eigenvalue weighted by molar-refractivity contribution is 5.91. The fraction of sp³-hybridized carbons (Fsp3) is 0.286. The molecule has 0 aliphatic heterocycles. The third-order valence-corrected chi connectivity index (χ3v) is 6.58. The highest BCUT2D eigenvalue weighted by Gasteiger charge is 2.09. The Balaban J connectivity index is 1.12. The number of allylic oxidation sites excluding steroid dienone is 1. The molecule has 6 nitrogen and oxygen atoms in total. The van der Waals surface area contributed by atoms with Gasteiger partial charge in [-0.15, -0.1) is 6.58 Å². The van der Waals surface area contributed by atoms with Gasteiger partial charge in [0, 0.05) is 31.0 Å². The van der Waals surface area contributed by atoms with Crippen LogP contribution in [0.15, 0.2) is 97.8 Å². The number of nitrogens with zero attached hydrogens (tertiary/aromatic N) is 2. The molecule has 1 aromatic heterocycles. The van der Waals surface area contributed by atoms with E-state index in [1.165, 1.54) is 5.56 Å². The number of aryl methyl sites for hydroxylation is 2. The first kappa shape index (κ1) is 29.7. The predicted molar refractivity (Wildman–Crippen MR) is 162 cm³/mol. The minimum absolute atomic E-state index is 0.402. The van der Waals surface area contributed by atoms with Crippen LogP contribution in [0.2, 0.25) is 0 Å². The number of rotatable bonds is 16. The van der Waals surface area contributed by atoms with Crippen molar-refractivity contribution < 1.29 is 19.0 Å². The van der Waals surface area contributed by atoms with Gasteiger partial charge in [0.2, 0.25) is 0 Å². The number of benzene rings is 3. The van der Waals surface area contributed by atoms with Crippen molar-refractivity contribution in [2.75, 3.05) is 13.2 Å². The van der Waals surface area contributed by atoms with E-state index in [1.54, 1.807) is 24.3 Å². The molecule has 0 bridgehead atoms. The molecule has 6 heteroatoms. The molecule has 0 saturated heterocycles. The topological polar surface area (TPSA) is 70.5 Å². The lowest BCUT2D eigenvalue weighted by molar-refractivity contribution is 0.0734. The summed E-state index contributed by atoms with van der Waals surface area (Å²) in [4.78, 5) is 21.5. The number of carbonyl (C=O) groups excluding carboxylic acids is 1. The van der Waals surface area contributed by atoms with Crippen LogP contribution in [0.4, 0.5) is 0 Å². The van der Waals surface area contributed by atoms with Gasteiger partial charge in [-0.1, -0.05) is 48.0 Å². The maximum absolute atomic E-state index is 12.6. The minimum atomic E-state index is -0.402. The first-order valence-corrected chi connectivity index (χ1v) is 14.2. The van der Waals surface area contributed by atoms with Gasteiger partial charge in [-0.05, 0) is 86.6 Å². The molecule has 0 aliphatic rings. The maximum atomic E-state index is 12.6. The zero-order valence-electron chi connectivity index (χ0n) is 23.8. The number of hydrogen-bond acceptors (Lipinski definition) is 6. The number of unbranched alkanes of at least 4 members (excludes halogenated alkanes) is 3. The van der Waals surface area contributed by atoms with E-state index in [0.717, 1.165) is 67.6 Å². The second kappa shape index (κ2) is 16.1. The van der Waals surface area contributed by atoms with Crippen molar-refractivity contribution in [2.24, 2.45) is 0 Å². The van der Waals surface area contributed by atoms with Crippen LogP contribution in [0.25, 0.3) is 11.1 Å². The van der Waals surface area contributed by atoms with Gasteiger partial charge in [0.1, 0.15) is 17.3 Å². The molecule has 41 heavy (non-hydrogen) atoms. The predicted octanol–water partition coefficient (Wildman–Crippen LogP) is 7.95. The molecule has 212 valence electrons. The fourth-order valence-electron chi connectivity index (χ4n) is 4.16. The summed E-state index contributed by atoms with van der Waals surface area (Å²) in [5.74, 6) is 1.65. The van der Waals surface area contributed by atoms with Crippen LogP contribution in [0.1, 0.15) is 59.4 Å². The second-order valence-electron chi connectivity index (χ2n) is 9.95. The maximum Gasteiger partial charge on any atom is 0.343 e. The SMILES string of the molecule is C=CCCCCOCc1cnc(CCCCOc2ccc(C(=O)Oc3ccc(-c4ccc(C)cc4)cc3)cc2)nc1. The van der Waals surface area contributed by atoms with Gasteiger partial charge in [0.15, 0.2) is 0 Å². The molecule has 0 fully saturated rings. The van der Waals surface area contributed by atoms with Crippen LogP contribution in [-0.2, 0) is 17.8 Å². The summed E-state index contributed by atoms with van der Waals surface area (Å²) >= 11 is 0. The van der Waals surface area contributed by atoms with Crippen LogP contribution >= 0.6 is 0 Å². The smallest absolute Gasteiger partial charge is 0.343 e. The van der Waals surface area contributed by atoms with Crippen LogP contribution in [0.5, 0.6) is 11.5 Å². The van der Waals surface area contributed by atoms with Crippen molar-refractivity contribution in [3.63, 3.8) is 0 Å². The van der Waals surface area contributed by atoms with Crippen LogP contribution in [-0.4, -0.2) is 29.2 Å². The Morgan fingerprint density at radius 3 is 2.10 bits per heavy atom. The van der Waals surface area contributed by atoms with Crippen molar-refractivity contribution in [3.05, 3.63) is 120 Å². The monoisotopic (exact) mass is 550 g/mol. The molecule has 0 aliphatic carbocycles. The molecule has 0 amide bonds. The molecular weight excluding hydrogens is 512 g/mol. The van der Waals surface area contributed by atoms with Gasteiger partial charge >= 0.3 is 5.97 Å². The number of carbonyl (C=O) groups is 1. The normalized spacial score (nSPS) is 10.8. The van der Waals surface area contributed by atoms with Crippen molar-refractivity contribution in [3.8, 4) is 22.6 Å². The zero-order valence-corrected chi connectivity index (χ0v) is 23.8. The van der Waals surface area contributed by atoms with E-state index in [4.69, 9.17) is 14.2 Å². The van der Waals surface area contributed by atoms with Crippen LogP contribution in [0, 0.1) is 6.92 Å². The molecule has 1 heterocycles. The number of esters is 1. The molecule has 0 unspecified atom stereocenters. The second-order valence-corrected chi connectivity index (χ2v) is 9.95. The Hall–Kier alpha value is -4.29. The summed E-state index contributed by atoms with van der Waals surface area (Å²) < 4.78 is 17.1. The highest BCUT2D eigenvalue weighted by Crippen LogP contribution is 2.23. The Morgan fingerprint density at radius 2 is 1.41 bits per heavy atom. The summed E-state index contributed by atoms with van der Waals surface area (Å²) in [5, 5.41) is 0. The van der Waals surface area contributed by atoms with E-state index in [-0.39, 0.29) is 0 Å². The van der Waals surface area contributed by atoms with Gasteiger partial charge in [-0.3, -0.25) is 0 Å². The van der Waals surface area contributed by atoms with Crippen LogP contribution < -0.4 is 9.47 Å². The Bertz CT molecular complexity index is 1350. The van der Waals surface area contributed by atoms with Gasteiger partial charge in [-0.25, -0.2) is 14.8 Å². The van der Waals surface area contributed by atoms with E-state index in [9.17, 15) is 4.79 Å². The highest BCUT2D eigenvalue weighted by atomic mass is 16.5. The minimum Gasteiger partial charge on any atom is -0.494 e. The van der Waals surface area contributed by atoms with Crippen molar-refractivity contribution in [2.45, 2.75) is 52.1 Å². The van der Waals surface area contributed by atoms with Crippen molar-refractivity contribution in [1.82, 2.24) is 9.97 Å². The molecular formula is C35H38N2O4. The van der Waals surface area contributed by atoms with E-state index < -0.39 is 5.97 Å². The first-order chi connectivity index (χ1) is 20.1. The van der Waals surface area contributed by atoms with E-state index in [1.807, 2.05) is 42.7 Å². The zero-order chi connectivity index (χ0) is 28.7. The average molecular weight is 551 g/mol. The summed E-state index contributed by atoms with van der Waals surface area (Å²) in [6, 6.07) is 22.9. The molecule has 0 atom stereocenters. The molecule has 0 N–H and O–H groups in total. The Morgan fingerprint density at radius 1 is 0.780 bits per heavy atom. The largest absolute Gasteiger partial charge is 0.494 e. The summed E-state index contributed by atoms with van der Waals surface area (Å²) in [7, 11) is 0. The molecule has 0 radical (unpaired) electrons. The molecule has 3 aromatic carbocycles. The van der Waals surface area contributed by atoms with E-state index >= 15 is 0 Å². The fourth-order valence-corrected chi connectivity index (χ4v) is 4.16. The first-order valence-electron chi connectivity index (χ1n) is 14.2.